The van der Waals surface area contributed by atoms with Crippen molar-refractivity contribution in [3.05, 3.63) is 43.6 Å². The lowest BCUT2D eigenvalue weighted by molar-refractivity contribution is -0.137. The lowest BCUT2D eigenvalue weighted by atomic mass is 10.2. The first-order valence-electron chi connectivity index (χ1n) is 5.07. The zero-order chi connectivity index (χ0) is 14.0. The van der Waals surface area contributed by atoms with Gasteiger partial charge in [-0.25, -0.2) is 4.98 Å². The number of nitrogens with one attached hydrogen (secondary N) is 1. The zero-order valence-electron chi connectivity index (χ0n) is 9.26. The summed E-state index contributed by atoms with van der Waals surface area (Å²) >= 11 is 10.4. The van der Waals surface area contributed by atoms with E-state index in [2.05, 4.69) is 26.2 Å². The van der Waals surface area contributed by atoms with Crippen LogP contribution in [-0.2, 0) is 12.7 Å². The number of aromatic nitrogens is 1. The first kappa shape index (κ1) is 14.6. The van der Waals surface area contributed by atoms with Gasteiger partial charge in [-0.05, 0) is 39.5 Å². The molecule has 0 amide bonds. The van der Waals surface area contributed by atoms with E-state index >= 15 is 0 Å². The van der Waals surface area contributed by atoms with E-state index in [0.717, 1.165) is 21.5 Å². The minimum atomic E-state index is -4.44. The van der Waals surface area contributed by atoms with Crippen molar-refractivity contribution < 1.29 is 13.2 Å². The molecule has 0 radical (unpaired) electrons. The van der Waals surface area contributed by atoms with E-state index in [-0.39, 0.29) is 11.0 Å². The SMILES string of the molecule is FC(F)(F)c1cc(Cl)nc(NCc2sccc2Br)c1. The van der Waals surface area contributed by atoms with Crippen molar-refractivity contribution in [2.45, 2.75) is 12.7 Å². The normalized spacial score (nSPS) is 11.6. The lowest BCUT2D eigenvalue weighted by Gasteiger charge is -2.10. The second-order valence-corrected chi connectivity index (χ2v) is 5.85. The third-order valence-electron chi connectivity index (χ3n) is 2.24. The van der Waals surface area contributed by atoms with E-state index in [0.29, 0.717) is 6.54 Å². The van der Waals surface area contributed by atoms with E-state index in [4.69, 9.17) is 11.6 Å². The molecule has 0 aliphatic heterocycles. The first-order valence-corrected chi connectivity index (χ1v) is 7.12. The molecule has 2 aromatic rings. The molecule has 102 valence electrons. The fourth-order valence-corrected chi connectivity index (χ4v) is 3.01. The Hall–Kier alpha value is -0.790. The maximum atomic E-state index is 12.6. The van der Waals surface area contributed by atoms with Gasteiger partial charge in [0.2, 0.25) is 0 Å². The molecule has 0 fully saturated rings. The third-order valence-corrected chi connectivity index (χ3v) is 4.36. The number of hydrogen-bond acceptors (Lipinski definition) is 3. The van der Waals surface area contributed by atoms with Gasteiger partial charge in [0, 0.05) is 9.35 Å². The topological polar surface area (TPSA) is 24.9 Å². The lowest BCUT2D eigenvalue weighted by Crippen LogP contribution is -2.08. The third kappa shape index (κ3) is 3.84. The van der Waals surface area contributed by atoms with Gasteiger partial charge in [-0.15, -0.1) is 11.3 Å². The molecule has 2 nitrogen and oxygen atoms in total. The molecule has 2 rings (SSSR count). The highest BCUT2D eigenvalue weighted by Gasteiger charge is 2.31. The number of halogens is 5. The number of rotatable bonds is 3. The van der Waals surface area contributed by atoms with Crippen LogP contribution in [0.4, 0.5) is 19.0 Å². The van der Waals surface area contributed by atoms with Crippen LogP contribution in [0.5, 0.6) is 0 Å². The zero-order valence-corrected chi connectivity index (χ0v) is 12.4. The maximum absolute atomic E-state index is 12.6. The Morgan fingerprint density at radius 1 is 1.37 bits per heavy atom. The quantitative estimate of drug-likeness (QED) is 0.751. The van der Waals surface area contributed by atoms with Crippen molar-refractivity contribution in [3.8, 4) is 0 Å². The molecule has 0 saturated heterocycles. The Kier molecular flexibility index (Phi) is 4.37. The molecule has 0 saturated carbocycles. The molecular weight excluding hydrogens is 365 g/mol. The van der Waals surface area contributed by atoms with Gasteiger partial charge in [0.05, 0.1) is 12.1 Å². The second-order valence-electron chi connectivity index (χ2n) is 3.61. The minimum absolute atomic E-state index is 0.0973. The molecule has 0 spiro atoms. The van der Waals surface area contributed by atoms with Crippen LogP contribution < -0.4 is 5.32 Å². The largest absolute Gasteiger partial charge is 0.416 e. The average Bonchev–Trinajstić information content (AvgIpc) is 2.70. The number of thiophene rings is 1. The molecule has 0 unspecified atom stereocenters. The van der Waals surface area contributed by atoms with Gasteiger partial charge in [-0.1, -0.05) is 11.6 Å². The predicted molar refractivity (Wildman–Crippen MR) is 73.6 cm³/mol. The second kappa shape index (κ2) is 5.68. The Bertz CT molecular complexity index is 586. The van der Waals surface area contributed by atoms with Crippen LogP contribution in [0.1, 0.15) is 10.4 Å². The van der Waals surface area contributed by atoms with Crippen LogP contribution in [0.2, 0.25) is 5.15 Å². The molecule has 2 aromatic heterocycles. The van der Waals surface area contributed by atoms with Crippen molar-refractivity contribution in [1.29, 1.82) is 0 Å². The maximum Gasteiger partial charge on any atom is 0.416 e. The summed E-state index contributed by atoms with van der Waals surface area (Å²) < 4.78 is 38.7. The first-order chi connectivity index (χ1) is 8.86. The van der Waals surface area contributed by atoms with Crippen LogP contribution in [0.25, 0.3) is 0 Å². The van der Waals surface area contributed by atoms with Crippen LogP contribution in [0, 0.1) is 0 Å². The van der Waals surface area contributed by atoms with Crippen LogP contribution in [-0.4, -0.2) is 4.98 Å². The van der Waals surface area contributed by atoms with E-state index in [1.165, 1.54) is 11.3 Å². The molecule has 0 aliphatic rings. The van der Waals surface area contributed by atoms with Crippen molar-refractivity contribution in [2.75, 3.05) is 5.32 Å². The van der Waals surface area contributed by atoms with Gasteiger partial charge >= 0.3 is 6.18 Å². The molecule has 0 atom stereocenters. The fourth-order valence-electron chi connectivity index (χ4n) is 1.37. The number of nitrogens with zero attached hydrogens (tertiary/aromatic N) is 1. The summed E-state index contributed by atoms with van der Waals surface area (Å²) in [5, 5.41) is 4.52. The van der Waals surface area contributed by atoms with Crippen LogP contribution in [0.3, 0.4) is 0 Å². The molecular formula is C11H7BrClF3N2S. The number of anilines is 1. The summed E-state index contributed by atoms with van der Waals surface area (Å²) in [5.74, 6) is 0.0973. The Labute approximate surface area is 124 Å². The summed E-state index contributed by atoms with van der Waals surface area (Å²) in [5.41, 5.74) is -0.819. The number of hydrogen-bond donors (Lipinski definition) is 1. The monoisotopic (exact) mass is 370 g/mol. The molecule has 0 bridgehead atoms. The van der Waals surface area contributed by atoms with Gasteiger partial charge in [-0.3, -0.25) is 0 Å². The predicted octanol–water partition coefficient (Wildman–Crippen LogP) is 5.19. The van der Waals surface area contributed by atoms with Gasteiger partial charge < -0.3 is 5.32 Å². The fraction of sp³-hybridized carbons (Fsp3) is 0.182. The van der Waals surface area contributed by atoms with Crippen molar-refractivity contribution in [3.63, 3.8) is 0 Å². The standard InChI is InChI=1S/C11H7BrClF3N2S/c12-7-1-2-19-8(7)5-17-10-4-6(11(14,15)16)3-9(13)18-10/h1-4H,5H2,(H,17,18). The number of alkyl halides is 3. The molecule has 2 heterocycles. The smallest absolute Gasteiger partial charge is 0.365 e. The van der Waals surface area contributed by atoms with E-state index in [1.807, 2.05) is 11.4 Å². The molecule has 19 heavy (non-hydrogen) atoms. The summed E-state index contributed by atoms with van der Waals surface area (Å²) in [4.78, 5) is 4.79. The van der Waals surface area contributed by atoms with Gasteiger partial charge in [0.25, 0.3) is 0 Å². The molecule has 0 aliphatic carbocycles. The number of pyridine rings is 1. The van der Waals surface area contributed by atoms with Crippen molar-refractivity contribution in [1.82, 2.24) is 4.98 Å². The Morgan fingerprint density at radius 3 is 2.68 bits per heavy atom. The Morgan fingerprint density at radius 2 is 2.11 bits per heavy atom. The molecule has 0 aromatic carbocycles. The van der Waals surface area contributed by atoms with Gasteiger partial charge in [-0.2, -0.15) is 13.2 Å². The van der Waals surface area contributed by atoms with E-state index in [9.17, 15) is 13.2 Å². The highest BCUT2D eigenvalue weighted by Crippen LogP contribution is 2.32. The summed E-state index contributed by atoms with van der Waals surface area (Å²) in [6.07, 6.45) is -4.44. The summed E-state index contributed by atoms with van der Waals surface area (Å²) in [6, 6.07) is 3.61. The molecule has 1 N–H and O–H groups in total. The van der Waals surface area contributed by atoms with Gasteiger partial charge in [0.1, 0.15) is 11.0 Å². The van der Waals surface area contributed by atoms with E-state index in [1.54, 1.807) is 0 Å². The highest BCUT2D eigenvalue weighted by atomic mass is 79.9. The minimum Gasteiger partial charge on any atom is -0.365 e. The van der Waals surface area contributed by atoms with Crippen LogP contribution in [0.15, 0.2) is 28.1 Å². The van der Waals surface area contributed by atoms with Crippen LogP contribution >= 0.6 is 38.9 Å². The highest BCUT2D eigenvalue weighted by molar-refractivity contribution is 9.10. The van der Waals surface area contributed by atoms with Crippen molar-refractivity contribution in [2.24, 2.45) is 0 Å². The van der Waals surface area contributed by atoms with Crippen molar-refractivity contribution >= 4 is 44.7 Å². The summed E-state index contributed by atoms with van der Waals surface area (Å²) in [6.45, 7) is 0.378. The van der Waals surface area contributed by atoms with Gasteiger partial charge in [0.15, 0.2) is 0 Å². The summed E-state index contributed by atoms with van der Waals surface area (Å²) in [7, 11) is 0. The molecule has 8 heteroatoms. The Balaban J connectivity index is 2.17. The van der Waals surface area contributed by atoms with E-state index < -0.39 is 11.7 Å². The average molecular weight is 372 g/mol.